The molecular weight excluding hydrogens is 316 g/mol. The highest BCUT2D eigenvalue weighted by atomic mass is 35.5. The van der Waals surface area contributed by atoms with Crippen LogP contribution < -0.4 is 10.6 Å². The van der Waals surface area contributed by atoms with Gasteiger partial charge >= 0.3 is 0 Å². The molecule has 0 unspecified atom stereocenters. The molecular formula is C15H19ClN6O. The number of carbonyl (C=O) groups is 1. The first kappa shape index (κ1) is 15.7. The summed E-state index contributed by atoms with van der Waals surface area (Å²) in [5, 5.41) is 20.8. The van der Waals surface area contributed by atoms with Gasteiger partial charge in [-0.1, -0.05) is 29.7 Å². The third kappa shape index (κ3) is 3.14. The second kappa shape index (κ2) is 6.54. The largest absolute Gasteiger partial charge is 0.388 e. The van der Waals surface area contributed by atoms with Gasteiger partial charge in [-0.05, 0) is 31.0 Å². The summed E-state index contributed by atoms with van der Waals surface area (Å²) < 4.78 is 0. The summed E-state index contributed by atoms with van der Waals surface area (Å²) in [4.78, 5) is 12.5. The number of nitrogens with zero attached hydrogens (tertiary/aromatic N) is 3. The zero-order valence-corrected chi connectivity index (χ0v) is 13.7. The number of amides is 1. The van der Waals surface area contributed by atoms with E-state index < -0.39 is 0 Å². The van der Waals surface area contributed by atoms with E-state index in [1.165, 1.54) is 0 Å². The fourth-order valence-electron chi connectivity index (χ4n) is 3.12. The first-order valence-electron chi connectivity index (χ1n) is 7.64. The Morgan fingerprint density at radius 3 is 2.78 bits per heavy atom. The van der Waals surface area contributed by atoms with Crippen molar-refractivity contribution in [3.63, 3.8) is 0 Å². The first-order valence-corrected chi connectivity index (χ1v) is 8.02. The number of H-pyrrole nitrogens is 1. The highest BCUT2D eigenvalue weighted by Crippen LogP contribution is 2.38. The number of hydrogen-bond acceptors (Lipinski definition) is 5. The highest BCUT2D eigenvalue weighted by Gasteiger charge is 2.39. The van der Waals surface area contributed by atoms with Crippen LogP contribution in [0.5, 0.6) is 0 Å². The SMILES string of the molecule is CNc1ccc(C(=O)NCC2(c3nn[nH]n3)CCCC2)c(Cl)c1. The minimum absolute atomic E-state index is 0.188. The van der Waals surface area contributed by atoms with Gasteiger partial charge in [0, 0.05) is 19.3 Å². The maximum atomic E-state index is 12.5. The van der Waals surface area contributed by atoms with Crippen molar-refractivity contribution in [2.45, 2.75) is 31.1 Å². The Labute approximate surface area is 139 Å². The Morgan fingerprint density at radius 2 is 2.17 bits per heavy atom. The predicted molar refractivity (Wildman–Crippen MR) is 87.7 cm³/mol. The second-order valence-electron chi connectivity index (χ2n) is 5.85. The number of hydrogen-bond donors (Lipinski definition) is 3. The summed E-state index contributed by atoms with van der Waals surface area (Å²) in [6, 6.07) is 5.28. The fraction of sp³-hybridized carbons (Fsp3) is 0.467. The third-order valence-corrected chi connectivity index (χ3v) is 4.78. The number of benzene rings is 1. The molecule has 8 heteroatoms. The Hall–Kier alpha value is -2.15. The number of nitrogens with one attached hydrogen (secondary N) is 3. The van der Waals surface area contributed by atoms with Crippen LogP contribution >= 0.6 is 11.6 Å². The standard InChI is InChI=1S/C15H19ClN6O/c1-17-10-4-5-11(12(16)8-10)13(23)18-9-15(6-2-3-7-15)14-19-21-22-20-14/h4-5,8,17H,2-3,6-7,9H2,1H3,(H,18,23)(H,19,20,21,22). The maximum absolute atomic E-state index is 12.5. The first-order chi connectivity index (χ1) is 11.1. The molecule has 122 valence electrons. The molecule has 0 saturated heterocycles. The second-order valence-corrected chi connectivity index (χ2v) is 6.26. The molecule has 1 saturated carbocycles. The Morgan fingerprint density at radius 1 is 1.39 bits per heavy atom. The summed E-state index contributed by atoms with van der Waals surface area (Å²) in [6.07, 6.45) is 4.09. The van der Waals surface area contributed by atoms with E-state index in [-0.39, 0.29) is 11.3 Å². The van der Waals surface area contributed by atoms with Crippen molar-refractivity contribution < 1.29 is 4.79 Å². The zero-order chi connectivity index (χ0) is 16.3. The highest BCUT2D eigenvalue weighted by molar-refractivity contribution is 6.34. The minimum Gasteiger partial charge on any atom is -0.388 e. The summed E-state index contributed by atoms with van der Waals surface area (Å²) >= 11 is 6.19. The monoisotopic (exact) mass is 334 g/mol. The van der Waals surface area contributed by atoms with Crippen LogP contribution in [0.1, 0.15) is 41.9 Å². The molecule has 23 heavy (non-hydrogen) atoms. The van der Waals surface area contributed by atoms with Crippen LogP contribution in [0.4, 0.5) is 5.69 Å². The van der Waals surface area contributed by atoms with E-state index in [1.54, 1.807) is 19.2 Å². The summed E-state index contributed by atoms with van der Waals surface area (Å²) in [7, 11) is 1.81. The van der Waals surface area contributed by atoms with Gasteiger partial charge in [0.05, 0.1) is 16.0 Å². The van der Waals surface area contributed by atoms with E-state index in [2.05, 4.69) is 31.3 Å². The molecule has 1 aromatic heterocycles. The van der Waals surface area contributed by atoms with Gasteiger partial charge in [-0.15, -0.1) is 10.2 Å². The van der Waals surface area contributed by atoms with Crippen LogP contribution in [0.25, 0.3) is 0 Å². The van der Waals surface area contributed by atoms with Crippen LogP contribution in [0.15, 0.2) is 18.2 Å². The van der Waals surface area contributed by atoms with Gasteiger partial charge in [-0.2, -0.15) is 5.21 Å². The molecule has 0 bridgehead atoms. The van der Waals surface area contributed by atoms with E-state index in [0.29, 0.717) is 23.0 Å². The van der Waals surface area contributed by atoms with Gasteiger partial charge in [-0.3, -0.25) is 4.79 Å². The van der Waals surface area contributed by atoms with Crippen molar-refractivity contribution in [2.75, 3.05) is 18.9 Å². The summed E-state index contributed by atoms with van der Waals surface area (Å²) in [5.74, 6) is 0.486. The van der Waals surface area contributed by atoms with Crippen molar-refractivity contribution in [1.29, 1.82) is 0 Å². The summed E-state index contributed by atoms with van der Waals surface area (Å²) in [6.45, 7) is 0.482. The number of tetrazole rings is 1. The normalized spacial score (nSPS) is 16.3. The maximum Gasteiger partial charge on any atom is 0.252 e. The molecule has 1 aromatic carbocycles. The van der Waals surface area contributed by atoms with E-state index in [4.69, 9.17) is 11.6 Å². The molecule has 1 heterocycles. The molecule has 3 N–H and O–H groups in total. The molecule has 0 radical (unpaired) electrons. The third-order valence-electron chi connectivity index (χ3n) is 4.47. The average Bonchev–Trinajstić information content (AvgIpc) is 3.24. The van der Waals surface area contributed by atoms with Crippen LogP contribution in [-0.2, 0) is 5.41 Å². The molecule has 1 fully saturated rings. The molecule has 3 rings (SSSR count). The molecule has 0 spiro atoms. The van der Waals surface area contributed by atoms with Crippen LogP contribution in [0.2, 0.25) is 5.02 Å². The molecule has 1 aliphatic carbocycles. The average molecular weight is 335 g/mol. The lowest BCUT2D eigenvalue weighted by Gasteiger charge is -2.25. The lowest BCUT2D eigenvalue weighted by molar-refractivity contribution is 0.0942. The van der Waals surface area contributed by atoms with Crippen LogP contribution in [-0.4, -0.2) is 40.1 Å². The fourth-order valence-corrected chi connectivity index (χ4v) is 3.38. The number of aromatic nitrogens is 4. The number of anilines is 1. The van der Waals surface area contributed by atoms with Crippen molar-refractivity contribution >= 4 is 23.2 Å². The van der Waals surface area contributed by atoms with Crippen molar-refractivity contribution in [2.24, 2.45) is 0 Å². The van der Waals surface area contributed by atoms with Gasteiger partial charge in [-0.25, -0.2) is 0 Å². The van der Waals surface area contributed by atoms with Gasteiger partial charge in [0.1, 0.15) is 0 Å². The van der Waals surface area contributed by atoms with Gasteiger partial charge < -0.3 is 10.6 Å². The Balaban J connectivity index is 1.73. The van der Waals surface area contributed by atoms with Gasteiger partial charge in [0.25, 0.3) is 5.91 Å². The van der Waals surface area contributed by atoms with Crippen LogP contribution in [0, 0.1) is 0 Å². The van der Waals surface area contributed by atoms with E-state index in [0.717, 1.165) is 31.4 Å². The molecule has 0 aliphatic heterocycles. The predicted octanol–water partition coefficient (Wildman–Crippen LogP) is 2.14. The molecule has 1 amide bonds. The Bertz CT molecular complexity index is 681. The van der Waals surface area contributed by atoms with E-state index in [1.807, 2.05) is 6.07 Å². The molecule has 0 atom stereocenters. The number of aromatic amines is 1. The molecule has 2 aromatic rings. The quantitative estimate of drug-likeness (QED) is 0.778. The van der Waals surface area contributed by atoms with Gasteiger partial charge in [0.15, 0.2) is 5.82 Å². The molecule has 1 aliphatic rings. The van der Waals surface area contributed by atoms with Crippen molar-refractivity contribution in [3.05, 3.63) is 34.6 Å². The Kier molecular flexibility index (Phi) is 4.47. The van der Waals surface area contributed by atoms with Crippen molar-refractivity contribution in [3.8, 4) is 0 Å². The number of carbonyl (C=O) groups excluding carboxylic acids is 1. The summed E-state index contributed by atoms with van der Waals surface area (Å²) in [5.41, 5.74) is 1.09. The van der Waals surface area contributed by atoms with E-state index >= 15 is 0 Å². The lowest BCUT2D eigenvalue weighted by atomic mass is 9.85. The van der Waals surface area contributed by atoms with Crippen LogP contribution in [0.3, 0.4) is 0 Å². The van der Waals surface area contributed by atoms with Gasteiger partial charge in [0.2, 0.25) is 0 Å². The number of halogens is 1. The topological polar surface area (TPSA) is 95.6 Å². The van der Waals surface area contributed by atoms with E-state index in [9.17, 15) is 4.79 Å². The smallest absolute Gasteiger partial charge is 0.252 e. The van der Waals surface area contributed by atoms with Crippen molar-refractivity contribution in [1.82, 2.24) is 25.9 Å². The molecule has 7 nitrogen and oxygen atoms in total. The minimum atomic E-state index is -0.236. The number of rotatable bonds is 5. The zero-order valence-electron chi connectivity index (χ0n) is 12.9. The lowest BCUT2D eigenvalue weighted by Crippen LogP contribution is -2.40.